The highest BCUT2D eigenvalue weighted by Crippen LogP contribution is 2.44. The molecule has 0 aromatic heterocycles. The van der Waals surface area contributed by atoms with Crippen molar-refractivity contribution >= 4 is 23.1 Å². The van der Waals surface area contributed by atoms with Gasteiger partial charge >= 0.3 is 0 Å². The lowest BCUT2D eigenvalue weighted by atomic mass is 9.93. The molecule has 0 saturated carbocycles. The normalized spacial score (nSPS) is 16.7. The molecule has 0 spiro atoms. The number of hydrogen-bond acceptors (Lipinski definition) is 2. The molecule has 1 aliphatic rings. The summed E-state index contributed by atoms with van der Waals surface area (Å²) in [5, 5.41) is 11.3. The highest BCUT2D eigenvalue weighted by Gasteiger charge is 2.41. The molecule has 1 aliphatic heterocycles. The molecule has 3 nitrogen and oxygen atoms in total. The Morgan fingerprint density at radius 2 is 1.57 bits per heavy atom. The van der Waals surface area contributed by atoms with Gasteiger partial charge in [-0.05, 0) is 29.3 Å². The summed E-state index contributed by atoms with van der Waals surface area (Å²) in [4.78, 5) is 14.4. The van der Waals surface area contributed by atoms with Crippen molar-refractivity contribution in [3.05, 3.63) is 112 Å². The Morgan fingerprint density at radius 1 is 0.929 bits per heavy atom. The first kappa shape index (κ1) is 18.3. The molecule has 1 atom stereocenters. The first-order valence-electron chi connectivity index (χ1n) is 8.84. The molecule has 1 unspecified atom stereocenters. The van der Waals surface area contributed by atoms with Gasteiger partial charge in [0.05, 0.1) is 6.04 Å². The van der Waals surface area contributed by atoms with Crippen LogP contribution in [0.1, 0.15) is 22.7 Å². The van der Waals surface area contributed by atoms with E-state index in [-0.39, 0.29) is 12.3 Å². The predicted octanol–water partition coefficient (Wildman–Crippen LogP) is 5.53. The predicted molar refractivity (Wildman–Crippen MR) is 107 cm³/mol. The van der Waals surface area contributed by atoms with Crippen LogP contribution in [-0.2, 0) is 11.3 Å². The average molecular weight is 394 g/mol. The summed E-state index contributed by atoms with van der Waals surface area (Å²) >= 11 is 5.95. The van der Waals surface area contributed by atoms with Crippen molar-refractivity contribution in [1.82, 2.24) is 4.90 Å². The number of halogens is 2. The lowest BCUT2D eigenvalue weighted by Gasteiger charge is -2.27. The zero-order chi connectivity index (χ0) is 19.7. The Bertz CT molecular complexity index is 1050. The molecule has 3 aromatic carbocycles. The van der Waals surface area contributed by atoms with Gasteiger partial charge in [0, 0.05) is 22.7 Å². The Morgan fingerprint density at radius 3 is 2.25 bits per heavy atom. The fourth-order valence-corrected chi connectivity index (χ4v) is 3.66. The van der Waals surface area contributed by atoms with E-state index in [2.05, 4.69) is 0 Å². The third kappa shape index (κ3) is 3.27. The summed E-state index contributed by atoms with van der Waals surface area (Å²) in [6.07, 6.45) is 0. The van der Waals surface area contributed by atoms with Gasteiger partial charge in [-0.2, -0.15) is 0 Å². The van der Waals surface area contributed by atoms with Gasteiger partial charge in [0.25, 0.3) is 5.91 Å². The number of benzene rings is 3. The van der Waals surface area contributed by atoms with E-state index in [4.69, 9.17) is 11.6 Å². The number of hydrogen-bond donors (Lipinski definition) is 1. The molecule has 0 radical (unpaired) electrons. The van der Waals surface area contributed by atoms with Gasteiger partial charge in [0.2, 0.25) is 0 Å². The monoisotopic (exact) mass is 393 g/mol. The number of nitrogens with zero attached hydrogens (tertiary/aromatic N) is 1. The standard InChI is InChI=1S/C23H17ClFNO2/c24-17-12-10-15(11-13-17)14-26-21(18-8-4-5-9-19(18)25)20(22(27)23(26)28)16-6-2-1-3-7-16/h1-13,21,27H,14H2. The Labute approximate surface area is 167 Å². The van der Waals surface area contributed by atoms with E-state index in [1.165, 1.54) is 11.0 Å². The minimum atomic E-state index is -0.730. The molecule has 1 heterocycles. The number of carbonyl (C=O) groups is 1. The van der Waals surface area contributed by atoms with Gasteiger partial charge in [-0.3, -0.25) is 4.79 Å². The lowest BCUT2D eigenvalue weighted by molar-refractivity contribution is -0.130. The largest absolute Gasteiger partial charge is 0.503 e. The van der Waals surface area contributed by atoms with Crippen molar-refractivity contribution in [2.45, 2.75) is 12.6 Å². The summed E-state index contributed by atoms with van der Waals surface area (Å²) in [6.45, 7) is 0.218. The zero-order valence-electron chi connectivity index (χ0n) is 14.8. The minimum Gasteiger partial charge on any atom is -0.503 e. The van der Waals surface area contributed by atoms with Crippen molar-refractivity contribution in [2.24, 2.45) is 0 Å². The van der Waals surface area contributed by atoms with Crippen LogP contribution in [0.5, 0.6) is 0 Å². The van der Waals surface area contributed by atoms with Crippen LogP contribution < -0.4 is 0 Å². The second kappa shape index (κ2) is 7.49. The van der Waals surface area contributed by atoms with Gasteiger partial charge < -0.3 is 10.0 Å². The topological polar surface area (TPSA) is 40.5 Å². The second-order valence-corrected chi connectivity index (χ2v) is 7.05. The molecule has 0 bridgehead atoms. The molecule has 28 heavy (non-hydrogen) atoms. The summed E-state index contributed by atoms with van der Waals surface area (Å²) in [6, 6.07) is 21.8. The summed E-state index contributed by atoms with van der Waals surface area (Å²) in [5.74, 6) is -1.31. The van der Waals surface area contributed by atoms with E-state index in [9.17, 15) is 14.3 Å². The third-order valence-electron chi connectivity index (χ3n) is 4.85. The lowest BCUT2D eigenvalue weighted by Crippen LogP contribution is -2.30. The van der Waals surface area contributed by atoms with Crippen LogP contribution in [0.3, 0.4) is 0 Å². The number of aliphatic hydroxyl groups excluding tert-OH is 1. The number of carbonyl (C=O) groups excluding carboxylic acids is 1. The van der Waals surface area contributed by atoms with Gasteiger partial charge in [0.15, 0.2) is 5.76 Å². The van der Waals surface area contributed by atoms with Crippen LogP contribution in [0.25, 0.3) is 5.57 Å². The smallest absolute Gasteiger partial charge is 0.290 e. The van der Waals surface area contributed by atoms with Gasteiger partial charge in [-0.15, -0.1) is 0 Å². The summed E-state index contributed by atoms with van der Waals surface area (Å²) in [7, 11) is 0. The Kier molecular flexibility index (Phi) is 4.88. The van der Waals surface area contributed by atoms with Crippen LogP contribution in [-0.4, -0.2) is 15.9 Å². The molecule has 5 heteroatoms. The SMILES string of the molecule is O=C1C(O)=C(c2ccccc2)C(c2ccccc2F)N1Cc1ccc(Cl)cc1. The highest BCUT2D eigenvalue weighted by atomic mass is 35.5. The fraction of sp³-hybridized carbons (Fsp3) is 0.0870. The molecule has 0 fully saturated rings. The van der Waals surface area contributed by atoms with Crippen LogP contribution in [0.4, 0.5) is 4.39 Å². The molecule has 3 aromatic rings. The Hall–Kier alpha value is -3.11. The highest BCUT2D eigenvalue weighted by molar-refractivity contribution is 6.30. The molecule has 4 rings (SSSR count). The summed E-state index contributed by atoms with van der Waals surface area (Å²) in [5.41, 5.74) is 2.26. The van der Waals surface area contributed by atoms with Gasteiger partial charge in [-0.1, -0.05) is 72.3 Å². The van der Waals surface area contributed by atoms with E-state index in [1.807, 2.05) is 30.3 Å². The molecular formula is C23H17ClFNO2. The maximum Gasteiger partial charge on any atom is 0.290 e. The number of aliphatic hydroxyl groups is 1. The van der Waals surface area contributed by atoms with Crippen molar-refractivity contribution in [2.75, 3.05) is 0 Å². The van der Waals surface area contributed by atoms with Crippen LogP contribution in [0, 0.1) is 5.82 Å². The zero-order valence-corrected chi connectivity index (χ0v) is 15.6. The third-order valence-corrected chi connectivity index (χ3v) is 5.11. The van der Waals surface area contributed by atoms with Gasteiger partial charge in [0.1, 0.15) is 5.82 Å². The van der Waals surface area contributed by atoms with Crippen molar-refractivity contribution in [3.63, 3.8) is 0 Å². The number of amides is 1. The van der Waals surface area contributed by atoms with Crippen LogP contribution in [0.15, 0.2) is 84.6 Å². The van der Waals surface area contributed by atoms with E-state index < -0.39 is 17.8 Å². The second-order valence-electron chi connectivity index (χ2n) is 6.61. The maximum absolute atomic E-state index is 14.7. The molecule has 1 amide bonds. The average Bonchev–Trinajstić information content (AvgIpc) is 2.95. The fourth-order valence-electron chi connectivity index (χ4n) is 3.54. The molecule has 0 saturated heterocycles. The maximum atomic E-state index is 14.7. The Balaban J connectivity index is 1.83. The molecular weight excluding hydrogens is 377 g/mol. The number of rotatable bonds is 4. The van der Waals surface area contributed by atoms with E-state index >= 15 is 0 Å². The summed E-state index contributed by atoms with van der Waals surface area (Å²) < 4.78 is 14.7. The molecule has 0 aliphatic carbocycles. The van der Waals surface area contributed by atoms with E-state index in [0.29, 0.717) is 21.7 Å². The van der Waals surface area contributed by atoms with Crippen LogP contribution >= 0.6 is 11.6 Å². The van der Waals surface area contributed by atoms with Gasteiger partial charge in [-0.25, -0.2) is 4.39 Å². The first-order valence-corrected chi connectivity index (χ1v) is 9.22. The van der Waals surface area contributed by atoms with Crippen molar-refractivity contribution < 1.29 is 14.3 Å². The van der Waals surface area contributed by atoms with Crippen molar-refractivity contribution in [3.8, 4) is 0 Å². The van der Waals surface area contributed by atoms with Crippen molar-refractivity contribution in [1.29, 1.82) is 0 Å². The minimum absolute atomic E-state index is 0.218. The van der Waals surface area contributed by atoms with E-state index in [1.54, 1.807) is 42.5 Å². The van der Waals surface area contributed by atoms with E-state index in [0.717, 1.165) is 5.56 Å². The molecule has 1 N–H and O–H groups in total. The quantitative estimate of drug-likeness (QED) is 0.633. The van der Waals surface area contributed by atoms with Crippen LogP contribution in [0.2, 0.25) is 5.02 Å². The first-order chi connectivity index (χ1) is 13.6. The molecule has 140 valence electrons.